The third-order valence-electron chi connectivity index (χ3n) is 4.22. The zero-order valence-corrected chi connectivity index (χ0v) is 16.2. The topological polar surface area (TPSA) is 12.5 Å². The number of ether oxygens (including phenoxy) is 1. The molecule has 2 nitrogen and oxygen atoms in total. The molecule has 0 aromatic rings. The molecule has 3 heteroatoms. The number of hydrogen-bond acceptors (Lipinski definition) is 1. The summed E-state index contributed by atoms with van der Waals surface area (Å²) in [5, 5.41) is 0. The average molecular weight is 397 g/mol. The Hall–Kier alpha value is 0.650. The first kappa shape index (κ1) is 20.6. The molecule has 1 rings (SSSR count). The monoisotopic (exact) mass is 397 g/mol. The minimum absolute atomic E-state index is 0. The maximum absolute atomic E-state index is 5.33. The summed E-state index contributed by atoms with van der Waals surface area (Å²) in [4.78, 5) is 0. The Labute approximate surface area is 144 Å². The Balaban J connectivity index is 0.00000361. The van der Waals surface area contributed by atoms with Crippen molar-refractivity contribution < 1.29 is 33.2 Å². The number of nitrogens with zero attached hydrogens (tertiary/aromatic N) is 1. The fourth-order valence-electron chi connectivity index (χ4n) is 2.84. The molecule has 0 aromatic carbocycles. The lowest BCUT2D eigenvalue weighted by atomic mass is 10.1. The van der Waals surface area contributed by atoms with Gasteiger partial charge in [0.15, 0.2) is 0 Å². The van der Waals surface area contributed by atoms with Crippen LogP contribution in [0.3, 0.4) is 0 Å². The predicted octanol–water partition coefficient (Wildman–Crippen LogP) is 1.39. The van der Waals surface area contributed by atoms with Gasteiger partial charge in [0.1, 0.15) is 12.6 Å². The standard InChI is InChI=1S/C17H36NO.HI/c1-4-5-6-7-8-9-10-11-12-13-14-18(2,3)15-17-16-19-17;/h17H,4-16H2,1-3H3;1H/q+1;/p-1. The Morgan fingerprint density at radius 3 is 1.75 bits per heavy atom. The normalized spacial score (nSPS) is 17.9. The Bertz CT molecular complexity index is 217. The van der Waals surface area contributed by atoms with Gasteiger partial charge in [-0.2, -0.15) is 0 Å². The van der Waals surface area contributed by atoms with Crippen LogP contribution in [0.15, 0.2) is 0 Å². The summed E-state index contributed by atoms with van der Waals surface area (Å²) < 4.78 is 6.47. The molecule has 0 amide bonds. The fraction of sp³-hybridized carbons (Fsp3) is 1.00. The molecule has 0 aromatic heterocycles. The van der Waals surface area contributed by atoms with E-state index in [2.05, 4.69) is 21.0 Å². The third kappa shape index (κ3) is 12.4. The number of unbranched alkanes of at least 4 members (excludes halogenated alkanes) is 9. The summed E-state index contributed by atoms with van der Waals surface area (Å²) in [5.74, 6) is 0. The molecule has 1 aliphatic rings. The van der Waals surface area contributed by atoms with Crippen LogP contribution in [0, 0.1) is 0 Å². The van der Waals surface area contributed by atoms with E-state index in [9.17, 15) is 0 Å². The van der Waals surface area contributed by atoms with E-state index in [-0.39, 0.29) is 24.0 Å². The predicted molar refractivity (Wildman–Crippen MR) is 83.4 cm³/mol. The molecule has 1 heterocycles. The summed E-state index contributed by atoms with van der Waals surface area (Å²) in [5.41, 5.74) is 0. The summed E-state index contributed by atoms with van der Waals surface area (Å²) in [6.45, 7) is 5.81. The molecule has 1 saturated heterocycles. The van der Waals surface area contributed by atoms with Gasteiger partial charge in [-0.3, -0.25) is 0 Å². The van der Waals surface area contributed by atoms with E-state index in [0.29, 0.717) is 6.10 Å². The molecule has 1 unspecified atom stereocenters. The van der Waals surface area contributed by atoms with Crippen molar-refractivity contribution in [3.8, 4) is 0 Å². The number of epoxide rings is 1. The molecule has 1 fully saturated rings. The van der Waals surface area contributed by atoms with Crippen molar-refractivity contribution in [3.05, 3.63) is 0 Å². The van der Waals surface area contributed by atoms with Gasteiger partial charge in [0, 0.05) is 0 Å². The zero-order valence-electron chi connectivity index (χ0n) is 14.0. The number of rotatable bonds is 13. The van der Waals surface area contributed by atoms with Gasteiger partial charge >= 0.3 is 0 Å². The summed E-state index contributed by atoms with van der Waals surface area (Å²) in [7, 11) is 4.69. The smallest absolute Gasteiger partial charge is 0.130 e. The molecular formula is C17H36INO. The van der Waals surface area contributed by atoms with Gasteiger partial charge in [0.2, 0.25) is 0 Å². The van der Waals surface area contributed by atoms with E-state index in [4.69, 9.17) is 4.74 Å². The summed E-state index contributed by atoms with van der Waals surface area (Å²) in [6.07, 6.45) is 14.9. The van der Waals surface area contributed by atoms with Crippen LogP contribution < -0.4 is 24.0 Å². The highest BCUT2D eigenvalue weighted by molar-refractivity contribution is 4.67. The lowest BCUT2D eigenvalue weighted by Crippen LogP contribution is -3.00. The van der Waals surface area contributed by atoms with Crippen molar-refractivity contribution >= 4 is 0 Å². The van der Waals surface area contributed by atoms with Crippen LogP contribution in [-0.2, 0) is 4.74 Å². The second-order valence-electron chi connectivity index (χ2n) is 6.98. The van der Waals surface area contributed by atoms with E-state index in [0.717, 1.165) is 11.1 Å². The molecule has 1 aliphatic heterocycles. The van der Waals surface area contributed by atoms with Gasteiger partial charge in [-0.25, -0.2) is 0 Å². The van der Waals surface area contributed by atoms with E-state index < -0.39 is 0 Å². The first-order valence-electron chi connectivity index (χ1n) is 8.57. The van der Waals surface area contributed by atoms with Gasteiger partial charge in [0.25, 0.3) is 0 Å². The van der Waals surface area contributed by atoms with Crippen LogP contribution in [0.2, 0.25) is 0 Å². The highest BCUT2D eigenvalue weighted by atomic mass is 127. The maximum atomic E-state index is 5.33. The highest BCUT2D eigenvalue weighted by Crippen LogP contribution is 2.16. The second kappa shape index (κ2) is 12.2. The van der Waals surface area contributed by atoms with Gasteiger partial charge in [0.05, 0.1) is 27.2 Å². The highest BCUT2D eigenvalue weighted by Gasteiger charge is 2.30. The van der Waals surface area contributed by atoms with Crippen LogP contribution in [0.5, 0.6) is 0 Å². The second-order valence-corrected chi connectivity index (χ2v) is 6.98. The first-order chi connectivity index (χ1) is 9.14. The van der Waals surface area contributed by atoms with Gasteiger partial charge in [-0.1, -0.05) is 58.3 Å². The van der Waals surface area contributed by atoms with Crippen molar-refractivity contribution in [2.75, 3.05) is 33.8 Å². The lowest BCUT2D eigenvalue weighted by Gasteiger charge is -2.29. The summed E-state index contributed by atoms with van der Waals surface area (Å²) in [6, 6.07) is 0. The third-order valence-corrected chi connectivity index (χ3v) is 4.22. The fourth-order valence-corrected chi connectivity index (χ4v) is 2.84. The first-order valence-corrected chi connectivity index (χ1v) is 8.57. The van der Waals surface area contributed by atoms with Crippen molar-refractivity contribution in [2.24, 2.45) is 0 Å². The minimum Gasteiger partial charge on any atom is -1.00 e. The molecule has 0 N–H and O–H groups in total. The van der Waals surface area contributed by atoms with Crippen LogP contribution in [0.25, 0.3) is 0 Å². The molecule has 20 heavy (non-hydrogen) atoms. The molecule has 0 spiro atoms. The molecule has 122 valence electrons. The van der Waals surface area contributed by atoms with Crippen molar-refractivity contribution in [3.63, 3.8) is 0 Å². The molecule has 0 aliphatic carbocycles. The number of quaternary nitrogens is 1. The minimum atomic E-state index is 0. The van der Waals surface area contributed by atoms with Gasteiger partial charge in [-0.05, 0) is 12.8 Å². The maximum Gasteiger partial charge on any atom is 0.130 e. The van der Waals surface area contributed by atoms with E-state index >= 15 is 0 Å². The van der Waals surface area contributed by atoms with E-state index in [1.807, 2.05) is 0 Å². The van der Waals surface area contributed by atoms with Gasteiger partial charge < -0.3 is 33.2 Å². The number of halogens is 1. The van der Waals surface area contributed by atoms with Crippen LogP contribution in [0.4, 0.5) is 0 Å². The quantitative estimate of drug-likeness (QED) is 0.198. The summed E-state index contributed by atoms with van der Waals surface area (Å²) >= 11 is 0. The van der Waals surface area contributed by atoms with Gasteiger partial charge in [-0.15, -0.1) is 0 Å². The molecule has 1 atom stereocenters. The van der Waals surface area contributed by atoms with Crippen molar-refractivity contribution in [1.82, 2.24) is 0 Å². The van der Waals surface area contributed by atoms with Crippen LogP contribution in [-0.4, -0.2) is 44.4 Å². The van der Waals surface area contributed by atoms with Crippen molar-refractivity contribution in [2.45, 2.75) is 77.2 Å². The van der Waals surface area contributed by atoms with Crippen molar-refractivity contribution in [1.29, 1.82) is 0 Å². The van der Waals surface area contributed by atoms with E-state index in [1.54, 1.807) is 0 Å². The number of likely N-dealkylation sites (N-methyl/N-ethyl adjacent to an activating group) is 1. The Morgan fingerprint density at radius 2 is 1.30 bits per heavy atom. The Kier molecular flexibility index (Phi) is 12.6. The molecule has 0 saturated carbocycles. The van der Waals surface area contributed by atoms with Crippen LogP contribution >= 0.6 is 0 Å². The van der Waals surface area contributed by atoms with Crippen LogP contribution in [0.1, 0.15) is 71.1 Å². The molecule has 0 radical (unpaired) electrons. The average Bonchev–Trinajstić information content (AvgIpc) is 3.14. The molecular weight excluding hydrogens is 361 g/mol. The Morgan fingerprint density at radius 1 is 0.850 bits per heavy atom. The lowest BCUT2D eigenvalue weighted by molar-refractivity contribution is -0.891. The number of hydrogen-bond donors (Lipinski definition) is 0. The van der Waals surface area contributed by atoms with E-state index in [1.165, 1.54) is 77.3 Å². The largest absolute Gasteiger partial charge is 1.00 e. The molecule has 0 bridgehead atoms. The SMILES string of the molecule is CCCCCCCCCCCC[N+](C)(C)CC1CO1.[I-]. The zero-order chi connectivity index (χ0) is 14.0.